The Morgan fingerprint density at radius 1 is 1.04 bits per heavy atom. The summed E-state index contributed by atoms with van der Waals surface area (Å²) >= 11 is 0. The largest absolute Gasteiger partial charge is 0.426 e. The molecule has 25 heavy (non-hydrogen) atoms. The van der Waals surface area contributed by atoms with E-state index in [1.54, 1.807) is 12.1 Å². The van der Waals surface area contributed by atoms with Crippen molar-refractivity contribution in [2.24, 2.45) is 17.3 Å². The van der Waals surface area contributed by atoms with E-state index in [0.29, 0.717) is 5.75 Å². The number of ether oxygens (including phenoxy) is 1. The summed E-state index contributed by atoms with van der Waals surface area (Å²) in [6.07, 6.45) is 13.0. The minimum atomic E-state index is -0.339. The molecule has 0 unspecified atom stereocenters. The van der Waals surface area contributed by atoms with Crippen LogP contribution in [0.2, 0.25) is 0 Å². The molecule has 0 aliphatic heterocycles. The number of carbonyl (C=O) groups is 1. The summed E-state index contributed by atoms with van der Waals surface area (Å²) in [4.78, 5) is 12.9. The van der Waals surface area contributed by atoms with Crippen LogP contribution in [0.1, 0.15) is 77.6 Å². The second kappa shape index (κ2) is 8.33. The van der Waals surface area contributed by atoms with Gasteiger partial charge < -0.3 is 4.74 Å². The Morgan fingerprint density at radius 2 is 1.64 bits per heavy atom. The molecule has 138 valence electrons. The summed E-state index contributed by atoms with van der Waals surface area (Å²) in [5, 5.41) is 0. The first-order chi connectivity index (χ1) is 12.1. The Balaban J connectivity index is 1.63. The number of esters is 1. The molecule has 0 spiro atoms. The van der Waals surface area contributed by atoms with Crippen LogP contribution in [0.3, 0.4) is 0 Å². The van der Waals surface area contributed by atoms with Crippen molar-refractivity contribution in [2.45, 2.75) is 77.6 Å². The maximum Gasteiger partial charge on any atom is 0.317 e. The van der Waals surface area contributed by atoms with Crippen LogP contribution < -0.4 is 4.74 Å². The number of halogens is 1. The topological polar surface area (TPSA) is 26.3 Å². The second-order valence-corrected chi connectivity index (χ2v) is 8.11. The normalized spacial score (nSPS) is 27.8. The van der Waals surface area contributed by atoms with Crippen molar-refractivity contribution < 1.29 is 13.9 Å². The lowest BCUT2D eigenvalue weighted by Gasteiger charge is -2.41. The van der Waals surface area contributed by atoms with Crippen molar-refractivity contribution in [3.63, 3.8) is 0 Å². The van der Waals surface area contributed by atoms with Crippen LogP contribution in [-0.4, -0.2) is 5.97 Å². The highest BCUT2D eigenvalue weighted by Crippen LogP contribution is 2.47. The molecule has 0 atom stereocenters. The van der Waals surface area contributed by atoms with Crippen LogP contribution in [0, 0.1) is 23.1 Å². The Bertz CT molecular complexity index is 552. The average Bonchev–Trinajstić information content (AvgIpc) is 2.65. The summed E-state index contributed by atoms with van der Waals surface area (Å²) in [5.74, 6) is 1.71. The third kappa shape index (κ3) is 4.43. The Hall–Kier alpha value is -1.38. The number of hydrogen-bond acceptors (Lipinski definition) is 2. The number of benzene rings is 1. The van der Waals surface area contributed by atoms with Gasteiger partial charge in [0.25, 0.3) is 0 Å². The molecule has 0 radical (unpaired) electrons. The molecule has 2 aliphatic carbocycles. The first kappa shape index (κ1) is 18.4. The zero-order chi connectivity index (χ0) is 17.7. The summed E-state index contributed by atoms with van der Waals surface area (Å²) in [6, 6.07) is 5.77. The highest BCUT2D eigenvalue weighted by molar-refractivity contribution is 5.79. The van der Waals surface area contributed by atoms with Gasteiger partial charge in [0.1, 0.15) is 11.6 Å². The molecule has 1 aromatic rings. The SMILES string of the molecule is CCC[C@]1(C(=O)Oc2ccc(F)cc2)CC[C@@H](C2CCCCC2)CC1. The fraction of sp³-hybridized carbons (Fsp3) is 0.682. The lowest BCUT2D eigenvalue weighted by Crippen LogP contribution is -2.39. The quantitative estimate of drug-likeness (QED) is 0.463. The zero-order valence-corrected chi connectivity index (χ0v) is 15.4. The van der Waals surface area contributed by atoms with Crippen LogP contribution in [0.5, 0.6) is 5.75 Å². The third-order valence-electron chi connectivity index (χ3n) is 6.49. The average molecular weight is 346 g/mol. The third-order valence-corrected chi connectivity index (χ3v) is 6.49. The highest BCUT2D eigenvalue weighted by atomic mass is 19.1. The first-order valence-corrected chi connectivity index (χ1v) is 10.1. The van der Waals surface area contributed by atoms with Gasteiger partial charge in [-0.3, -0.25) is 4.79 Å². The number of hydrogen-bond donors (Lipinski definition) is 0. The zero-order valence-electron chi connectivity index (χ0n) is 15.4. The van der Waals surface area contributed by atoms with Gasteiger partial charge in [-0.15, -0.1) is 0 Å². The van der Waals surface area contributed by atoms with Gasteiger partial charge in [0.05, 0.1) is 5.41 Å². The predicted octanol–water partition coefficient (Wildman–Crippen LogP) is 6.29. The van der Waals surface area contributed by atoms with E-state index in [4.69, 9.17) is 4.74 Å². The second-order valence-electron chi connectivity index (χ2n) is 8.11. The van der Waals surface area contributed by atoms with Crippen molar-refractivity contribution in [3.05, 3.63) is 30.1 Å². The van der Waals surface area contributed by atoms with E-state index in [9.17, 15) is 9.18 Å². The molecule has 0 N–H and O–H groups in total. The van der Waals surface area contributed by atoms with Crippen molar-refractivity contribution in [1.29, 1.82) is 0 Å². The van der Waals surface area contributed by atoms with Crippen molar-refractivity contribution in [1.82, 2.24) is 0 Å². The maximum atomic E-state index is 13.1. The standard InChI is InChI=1S/C22H31FO2/c1-2-14-22(21(24)25-20-10-8-19(23)9-11-20)15-12-18(13-16-22)17-6-4-3-5-7-17/h8-11,17-18H,2-7,12-16H2,1H3/t18-,22+. The molecule has 2 saturated carbocycles. The van der Waals surface area contributed by atoms with E-state index in [1.807, 2.05) is 0 Å². The van der Waals surface area contributed by atoms with E-state index < -0.39 is 0 Å². The van der Waals surface area contributed by atoms with Crippen LogP contribution >= 0.6 is 0 Å². The van der Waals surface area contributed by atoms with Crippen LogP contribution in [-0.2, 0) is 4.79 Å². The van der Waals surface area contributed by atoms with Gasteiger partial charge >= 0.3 is 5.97 Å². The molecule has 3 rings (SSSR count). The van der Waals surface area contributed by atoms with Crippen molar-refractivity contribution in [3.8, 4) is 5.75 Å². The lowest BCUT2D eigenvalue weighted by atomic mass is 9.64. The molecule has 2 nitrogen and oxygen atoms in total. The van der Waals surface area contributed by atoms with Crippen LogP contribution in [0.15, 0.2) is 24.3 Å². The molecule has 0 bridgehead atoms. The van der Waals surface area contributed by atoms with Crippen LogP contribution in [0.25, 0.3) is 0 Å². The summed E-state index contributed by atoms with van der Waals surface area (Å²) in [5.41, 5.74) is -0.339. The van der Waals surface area contributed by atoms with E-state index in [-0.39, 0.29) is 17.2 Å². The molecule has 1 aromatic carbocycles. The van der Waals surface area contributed by atoms with Crippen molar-refractivity contribution in [2.75, 3.05) is 0 Å². The van der Waals surface area contributed by atoms with Crippen molar-refractivity contribution >= 4 is 5.97 Å². The molecule has 0 saturated heterocycles. The van der Waals surface area contributed by atoms with E-state index in [1.165, 1.54) is 44.2 Å². The molecule has 2 fully saturated rings. The van der Waals surface area contributed by atoms with Crippen LogP contribution in [0.4, 0.5) is 4.39 Å². The van der Waals surface area contributed by atoms with Gasteiger partial charge in [0.15, 0.2) is 0 Å². The molecular weight excluding hydrogens is 315 g/mol. The van der Waals surface area contributed by atoms with Gasteiger partial charge in [0, 0.05) is 0 Å². The van der Waals surface area contributed by atoms with E-state index in [2.05, 4.69) is 6.92 Å². The minimum Gasteiger partial charge on any atom is -0.426 e. The van der Waals surface area contributed by atoms with Gasteiger partial charge in [-0.25, -0.2) is 4.39 Å². The van der Waals surface area contributed by atoms with Gasteiger partial charge in [-0.2, -0.15) is 0 Å². The first-order valence-electron chi connectivity index (χ1n) is 10.1. The fourth-order valence-corrected chi connectivity index (χ4v) is 5.02. The lowest BCUT2D eigenvalue weighted by molar-refractivity contribution is -0.149. The van der Waals surface area contributed by atoms with E-state index >= 15 is 0 Å². The van der Waals surface area contributed by atoms with Gasteiger partial charge in [-0.05, 0) is 68.2 Å². The Kier molecular flexibility index (Phi) is 6.14. The number of carbonyl (C=O) groups excluding carboxylic acids is 1. The van der Waals surface area contributed by atoms with Gasteiger partial charge in [0.2, 0.25) is 0 Å². The highest BCUT2D eigenvalue weighted by Gasteiger charge is 2.43. The summed E-state index contributed by atoms with van der Waals surface area (Å²) in [7, 11) is 0. The molecule has 3 heteroatoms. The molecule has 0 amide bonds. The van der Waals surface area contributed by atoms with Gasteiger partial charge in [-0.1, -0.05) is 45.4 Å². The molecule has 0 aromatic heterocycles. The smallest absolute Gasteiger partial charge is 0.317 e. The molecular formula is C22H31FO2. The summed E-state index contributed by atoms with van der Waals surface area (Å²) in [6.45, 7) is 2.14. The molecule has 0 heterocycles. The maximum absolute atomic E-state index is 13.1. The fourth-order valence-electron chi connectivity index (χ4n) is 5.02. The van der Waals surface area contributed by atoms with E-state index in [0.717, 1.165) is 50.4 Å². The minimum absolute atomic E-state index is 0.108. The Labute approximate surface area is 151 Å². The monoisotopic (exact) mass is 346 g/mol. The summed E-state index contributed by atoms with van der Waals surface area (Å²) < 4.78 is 18.7. The Morgan fingerprint density at radius 3 is 2.24 bits per heavy atom. The molecule has 2 aliphatic rings. The predicted molar refractivity (Wildman–Crippen MR) is 97.9 cm³/mol. The number of rotatable bonds is 5.